The van der Waals surface area contributed by atoms with Gasteiger partial charge in [-0.05, 0) is 24.1 Å². The third-order valence-electron chi connectivity index (χ3n) is 1.63. The van der Waals surface area contributed by atoms with Crippen molar-refractivity contribution >= 4 is 23.3 Å². The van der Waals surface area contributed by atoms with Gasteiger partial charge in [0, 0.05) is 6.20 Å². The van der Waals surface area contributed by atoms with Crippen LogP contribution in [0.4, 0.5) is 5.82 Å². The third-order valence-corrected chi connectivity index (χ3v) is 1.82. The standard InChI is InChI=1S/C9H11ClN4O/c1-2-3-6(11)8(15)13-7-4-5-12-9(10)14-7/h2,4-6H,1,3,11H2,(H,12,13,14,15). The first-order valence-electron chi connectivity index (χ1n) is 4.29. The van der Waals surface area contributed by atoms with Crippen molar-refractivity contribution in [2.45, 2.75) is 12.5 Å². The highest BCUT2D eigenvalue weighted by Gasteiger charge is 2.12. The predicted octanol–water partition coefficient (Wildman–Crippen LogP) is 0.972. The Balaban J connectivity index is 2.62. The minimum atomic E-state index is -0.628. The summed E-state index contributed by atoms with van der Waals surface area (Å²) in [4.78, 5) is 18.9. The summed E-state index contributed by atoms with van der Waals surface area (Å²) >= 11 is 5.55. The van der Waals surface area contributed by atoms with E-state index in [2.05, 4.69) is 21.9 Å². The summed E-state index contributed by atoms with van der Waals surface area (Å²) in [5.74, 6) is 0.00387. The number of hydrogen-bond donors (Lipinski definition) is 2. The number of hydrogen-bond acceptors (Lipinski definition) is 4. The van der Waals surface area contributed by atoms with E-state index in [0.29, 0.717) is 12.2 Å². The van der Waals surface area contributed by atoms with Gasteiger partial charge in [-0.3, -0.25) is 4.79 Å². The number of anilines is 1. The Hall–Kier alpha value is -1.46. The Labute approximate surface area is 92.4 Å². The summed E-state index contributed by atoms with van der Waals surface area (Å²) in [6.07, 6.45) is 3.44. The van der Waals surface area contributed by atoms with Gasteiger partial charge in [0.05, 0.1) is 6.04 Å². The molecular weight excluding hydrogens is 216 g/mol. The molecule has 3 N–H and O–H groups in total. The second-order valence-electron chi connectivity index (χ2n) is 2.83. The largest absolute Gasteiger partial charge is 0.320 e. The molecule has 1 atom stereocenters. The monoisotopic (exact) mass is 226 g/mol. The summed E-state index contributed by atoms with van der Waals surface area (Å²) in [5, 5.41) is 2.59. The van der Waals surface area contributed by atoms with Crippen LogP contribution in [0.15, 0.2) is 24.9 Å². The van der Waals surface area contributed by atoms with Crippen molar-refractivity contribution < 1.29 is 4.79 Å². The van der Waals surface area contributed by atoms with Crippen LogP contribution < -0.4 is 11.1 Å². The molecule has 80 valence electrons. The van der Waals surface area contributed by atoms with Crippen LogP contribution in [0.1, 0.15) is 6.42 Å². The van der Waals surface area contributed by atoms with Gasteiger partial charge in [0.25, 0.3) is 0 Å². The normalized spacial score (nSPS) is 11.9. The molecule has 1 heterocycles. The van der Waals surface area contributed by atoms with E-state index in [1.165, 1.54) is 12.3 Å². The molecule has 1 aromatic heterocycles. The van der Waals surface area contributed by atoms with E-state index in [-0.39, 0.29) is 11.2 Å². The van der Waals surface area contributed by atoms with Crippen LogP contribution in [0, 0.1) is 0 Å². The number of nitrogens with zero attached hydrogens (tertiary/aromatic N) is 2. The summed E-state index contributed by atoms with van der Waals surface area (Å²) in [5.41, 5.74) is 5.55. The van der Waals surface area contributed by atoms with Crippen molar-refractivity contribution in [2.75, 3.05) is 5.32 Å². The van der Waals surface area contributed by atoms with Gasteiger partial charge < -0.3 is 11.1 Å². The van der Waals surface area contributed by atoms with Gasteiger partial charge in [0.15, 0.2) is 0 Å². The highest BCUT2D eigenvalue weighted by Crippen LogP contribution is 2.06. The zero-order chi connectivity index (χ0) is 11.3. The molecule has 1 unspecified atom stereocenters. The Bertz CT molecular complexity index is 369. The fourth-order valence-electron chi connectivity index (χ4n) is 0.910. The average molecular weight is 227 g/mol. The van der Waals surface area contributed by atoms with Crippen LogP contribution in [-0.2, 0) is 4.79 Å². The predicted molar refractivity (Wildman–Crippen MR) is 58.5 cm³/mol. The van der Waals surface area contributed by atoms with E-state index in [1.54, 1.807) is 6.08 Å². The number of nitrogens with two attached hydrogens (primary N) is 1. The lowest BCUT2D eigenvalue weighted by molar-refractivity contribution is -0.117. The lowest BCUT2D eigenvalue weighted by Gasteiger charge is -2.09. The molecule has 0 radical (unpaired) electrons. The molecule has 0 aliphatic rings. The molecular formula is C9H11ClN4O. The van der Waals surface area contributed by atoms with Gasteiger partial charge >= 0.3 is 0 Å². The van der Waals surface area contributed by atoms with Crippen molar-refractivity contribution in [3.05, 3.63) is 30.2 Å². The van der Waals surface area contributed by atoms with Crippen LogP contribution in [-0.4, -0.2) is 21.9 Å². The number of rotatable bonds is 4. The van der Waals surface area contributed by atoms with E-state index in [9.17, 15) is 4.79 Å². The molecule has 1 rings (SSSR count). The van der Waals surface area contributed by atoms with Gasteiger partial charge in [-0.2, -0.15) is 0 Å². The second kappa shape index (κ2) is 5.43. The Kier molecular flexibility index (Phi) is 4.20. The summed E-state index contributed by atoms with van der Waals surface area (Å²) < 4.78 is 0. The molecule has 0 aliphatic carbocycles. The lowest BCUT2D eigenvalue weighted by atomic mass is 10.2. The topological polar surface area (TPSA) is 80.9 Å². The zero-order valence-corrected chi connectivity index (χ0v) is 8.74. The molecule has 0 saturated heterocycles. The van der Waals surface area contributed by atoms with Crippen LogP contribution in [0.25, 0.3) is 0 Å². The first-order valence-corrected chi connectivity index (χ1v) is 4.67. The van der Waals surface area contributed by atoms with Crippen LogP contribution in [0.5, 0.6) is 0 Å². The molecule has 0 saturated carbocycles. The molecule has 0 spiro atoms. The minimum absolute atomic E-state index is 0.0742. The van der Waals surface area contributed by atoms with Gasteiger partial charge in [-0.1, -0.05) is 6.08 Å². The number of aromatic nitrogens is 2. The number of nitrogens with one attached hydrogen (secondary N) is 1. The Morgan fingerprint density at radius 2 is 2.53 bits per heavy atom. The zero-order valence-electron chi connectivity index (χ0n) is 7.98. The van der Waals surface area contributed by atoms with Crippen molar-refractivity contribution in [3.8, 4) is 0 Å². The van der Waals surface area contributed by atoms with Gasteiger partial charge in [-0.15, -0.1) is 6.58 Å². The fourth-order valence-corrected chi connectivity index (χ4v) is 1.06. The number of amides is 1. The highest BCUT2D eigenvalue weighted by atomic mass is 35.5. The van der Waals surface area contributed by atoms with Crippen molar-refractivity contribution in [1.29, 1.82) is 0 Å². The summed E-state index contributed by atoms with van der Waals surface area (Å²) in [6, 6.07) is 0.904. The van der Waals surface area contributed by atoms with Crippen molar-refractivity contribution in [3.63, 3.8) is 0 Å². The number of carbonyl (C=O) groups excluding carboxylic acids is 1. The third kappa shape index (κ3) is 3.65. The molecule has 0 aromatic carbocycles. The lowest BCUT2D eigenvalue weighted by Crippen LogP contribution is -2.35. The molecule has 15 heavy (non-hydrogen) atoms. The second-order valence-corrected chi connectivity index (χ2v) is 3.17. The first kappa shape index (κ1) is 11.6. The number of halogens is 1. The van der Waals surface area contributed by atoms with Gasteiger partial charge in [0.1, 0.15) is 5.82 Å². The first-order chi connectivity index (χ1) is 7.13. The quantitative estimate of drug-likeness (QED) is 0.592. The smallest absolute Gasteiger partial charge is 0.242 e. The Morgan fingerprint density at radius 1 is 1.80 bits per heavy atom. The van der Waals surface area contributed by atoms with E-state index < -0.39 is 6.04 Å². The van der Waals surface area contributed by atoms with Crippen LogP contribution in [0.3, 0.4) is 0 Å². The van der Waals surface area contributed by atoms with Crippen LogP contribution in [0.2, 0.25) is 5.28 Å². The molecule has 0 aliphatic heterocycles. The molecule has 0 fully saturated rings. The van der Waals surface area contributed by atoms with Crippen LogP contribution >= 0.6 is 11.6 Å². The van der Waals surface area contributed by atoms with E-state index >= 15 is 0 Å². The SMILES string of the molecule is C=CCC(N)C(=O)Nc1ccnc(Cl)n1. The summed E-state index contributed by atoms with van der Waals surface area (Å²) in [6.45, 7) is 3.50. The molecule has 5 nitrogen and oxygen atoms in total. The average Bonchev–Trinajstić information content (AvgIpc) is 2.18. The maximum Gasteiger partial charge on any atom is 0.242 e. The molecule has 0 bridgehead atoms. The summed E-state index contributed by atoms with van der Waals surface area (Å²) in [7, 11) is 0. The molecule has 6 heteroatoms. The van der Waals surface area contributed by atoms with E-state index in [1.807, 2.05) is 0 Å². The Morgan fingerprint density at radius 3 is 3.13 bits per heavy atom. The van der Waals surface area contributed by atoms with E-state index in [4.69, 9.17) is 17.3 Å². The van der Waals surface area contributed by atoms with E-state index in [0.717, 1.165) is 0 Å². The van der Waals surface area contributed by atoms with Crippen molar-refractivity contribution in [2.24, 2.45) is 5.73 Å². The minimum Gasteiger partial charge on any atom is -0.320 e. The molecule has 1 aromatic rings. The van der Waals surface area contributed by atoms with Crippen molar-refractivity contribution in [1.82, 2.24) is 9.97 Å². The van der Waals surface area contributed by atoms with Gasteiger partial charge in [-0.25, -0.2) is 9.97 Å². The maximum absolute atomic E-state index is 11.4. The molecule has 1 amide bonds. The highest BCUT2D eigenvalue weighted by molar-refractivity contribution is 6.28. The maximum atomic E-state index is 11.4. The van der Waals surface area contributed by atoms with Gasteiger partial charge in [0.2, 0.25) is 11.2 Å². The number of carbonyl (C=O) groups is 1. The fraction of sp³-hybridized carbons (Fsp3) is 0.222.